The summed E-state index contributed by atoms with van der Waals surface area (Å²) in [5, 5.41) is 0. The maximum atomic E-state index is 12.8. The van der Waals surface area contributed by atoms with Crippen molar-refractivity contribution in [3.63, 3.8) is 0 Å². The molecule has 116 valence electrons. The number of ether oxygens (including phenoxy) is 1. The van der Waals surface area contributed by atoms with Crippen molar-refractivity contribution < 1.29 is 27.5 Å². The molecule has 0 saturated carbocycles. The van der Waals surface area contributed by atoms with E-state index < -0.39 is 23.6 Å². The lowest BCUT2D eigenvalue weighted by atomic mass is 10.1. The normalized spacial score (nSPS) is 11.1. The van der Waals surface area contributed by atoms with Gasteiger partial charge in [-0.25, -0.2) is 0 Å². The predicted molar refractivity (Wildman–Crippen MR) is 72.7 cm³/mol. The fourth-order valence-corrected chi connectivity index (χ4v) is 2.04. The number of benzene rings is 1. The first-order valence-corrected chi connectivity index (χ1v) is 6.74. The topological polar surface area (TPSA) is 46.6 Å². The summed E-state index contributed by atoms with van der Waals surface area (Å²) in [6.07, 6.45) is -4.57. The van der Waals surface area contributed by atoms with Crippen LogP contribution < -0.4 is 0 Å². The second-order valence-corrected chi connectivity index (χ2v) is 5.01. The van der Waals surface area contributed by atoms with Gasteiger partial charge in [0.2, 0.25) is 0 Å². The molecule has 0 fully saturated rings. The summed E-state index contributed by atoms with van der Waals surface area (Å²) >= 11 is 2.79. The van der Waals surface area contributed by atoms with Gasteiger partial charge in [0.15, 0.2) is 0 Å². The van der Waals surface area contributed by atoms with E-state index >= 15 is 0 Å². The number of carbonyl (C=O) groups is 2. The molecule has 0 N–H and O–H groups in total. The largest absolute Gasteiger partial charge is 0.465 e. The first-order chi connectivity index (χ1) is 9.66. The van der Waals surface area contributed by atoms with Gasteiger partial charge >= 0.3 is 12.1 Å². The van der Waals surface area contributed by atoms with Crippen molar-refractivity contribution in [2.45, 2.75) is 13.1 Å². The monoisotopic (exact) mass is 367 g/mol. The molecule has 4 nitrogen and oxygen atoms in total. The number of hydrogen-bond acceptors (Lipinski definition) is 3. The standard InChI is InChI=1S/C13H13BrF3NO3/c1-3-21-11(19)7-18(2)12(20)8-4-5-10(14)9(6-8)13(15,16)17/h4-6H,3,7H2,1-2H3. The van der Waals surface area contributed by atoms with Crippen LogP contribution in [-0.4, -0.2) is 37.0 Å². The Morgan fingerprint density at radius 2 is 1.95 bits per heavy atom. The lowest BCUT2D eigenvalue weighted by molar-refractivity contribution is -0.143. The van der Waals surface area contributed by atoms with Crippen LogP contribution in [0.2, 0.25) is 0 Å². The van der Waals surface area contributed by atoms with Crippen molar-refractivity contribution in [2.75, 3.05) is 20.2 Å². The second-order valence-electron chi connectivity index (χ2n) is 4.16. The zero-order valence-electron chi connectivity index (χ0n) is 11.3. The number of rotatable bonds is 4. The molecule has 1 rings (SSSR count). The van der Waals surface area contributed by atoms with Crippen molar-refractivity contribution >= 4 is 27.8 Å². The van der Waals surface area contributed by atoms with E-state index in [4.69, 9.17) is 0 Å². The zero-order chi connectivity index (χ0) is 16.2. The van der Waals surface area contributed by atoms with Crippen LogP contribution in [0.4, 0.5) is 13.2 Å². The number of amides is 1. The molecule has 0 bridgehead atoms. The van der Waals surface area contributed by atoms with Crippen molar-refractivity contribution in [2.24, 2.45) is 0 Å². The molecule has 1 amide bonds. The highest BCUT2D eigenvalue weighted by molar-refractivity contribution is 9.10. The summed E-state index contributed by atoms with van der Waals surface area (Å²) in [6.45, 7) is 1.45. The SMILES string of the molecule is CCOC(=O)CN(C)C(=O)c1ccc(Br)c(C(F)(F)F)c1. The molecule has 0 spiro atoms. The van der Waals surface area contributed by atoms with E-state index in [0.29, 0.717) is 0 Å². The summed E-state index contributed by atoms with van der Waals surface area (Å²) in [6, 6.07) is 3.14. The van der Waals surface area contributed by atoms with Gasteiger partial charge in [-0.2, -0.15) is 13.2 Å². The van der Waals surface area contributed by atoms with Gasteiger partial charge in [-0.15, -0.1) is 0 Å². The Hall–Kier alpha value is -1.57. The molecular formula is C13H13BrF3NO3. The van der Waals surface area contributed by atoms with E-state index in [1.54, 1.807) is 6.92 Å². The van der Waals surface area contributed by atoms with E-state index in [0.717, 1.165) is 17.0 Å². The molecule has 0 aliphatic rings. The van der Waals surface area contributed by atoms with Crippen LogP contribution >= 0.6 is 15.9 Å². The Bertz CT molecular complexity index is 546. The fraction of sp³-hybridized carbons (Fsp3) is 0.385. The van der Waals surface area contributed by atoms with Crippen molar-refractivity contribution in [1.82, 2.24) is 4.90 Å². The van der Waals surface area contributed by atoms with Gasteiger partial charge < -0.3 is 9.64 Å². The molecule has 0 saturated heterocycles. The quantitative estimate of drug-likeness (QED) is 0.768. The van der Waals surface area contributed by atoms with Crippen molar-refractivity contribution in [1.29, 1.82) is 0 Å². The lowest BCUT2D eigenvalue weighted by Gasteiger charge is -2.17. The molecule has 0 aliphatic heterocycles. The molecule has 1 aromatic carbocycles. The van der Waals surface area contributed by atoms with Crippen LogP contribution in [0.1, 0.15) is 22.8 Å². The van der Waals surface area contributed by atoms with Crippen LogP contribution in [-0.2, 0) is 15.7 Å². The molecular weight excluding hydrogens is 355 g/mol. The lowest BCUT2D eigenvalue weighted by Crippen LogP contribution is -2.33. The van der Waals surface area contributed by atoms with Crippen LogP contribution in [0.15, 0.2) is 22.7 Å². The first-order valence-electron chi connectivity index (χ1n) is 5.94. The van der Waals surface area contributed by atoms with Crippen LogP contribution in [0.25, 0.3) is 0 Å². The van der Waals surface area contributed by atoms with Crippen LogP contribution in [0.5, 0.6) is 0 Å². The Labute approximate surface area is 128 Å². The maximum Gasteiger partial charge on any atom is 0.417 e. The Balaban J connectivity index is 2.95. The molecule has 0 aliphatic carbocycles. The van der Waals surface area contributed by atoms with Crippen LogP contribution in [0.3, 0.4) is 0 Å². The molecule has 1 aromatic rings. The van der Waals surface area contributed by atoms with E-state index in [9.17, 15) is 22.8 Å². The third kappa shape index (κ3) is 4.73. The molecule has 21 heavy (non-hydrogen) atoms. The first kappa shape index (κ1) is 17.5. The third-order valence-corrected chi connectivity index (χ3v) is 3.23. The van der Waals surface area contributed by atoms with E-state index in [-0.39, 0.29) is 23.2 Å². The minimum absolute atomic E-state index is 0.153. The predicted octanol–water partition coefficient (Wildman–Crippen LogP) is 3.10. The minimum Gasteiger partial charge on any atom is -0.465 e. The average molecular weight is 368 g/mol. The summed E-state index contributed by atoms with van der Waals surface area (Å²) in [4.78, 5) is 24.3. The smallest absolute Gasteiger partial charge is 0.417 e. The Kier molecular flexibility index (Phi) is 5.77. The summed E-state index contributed by atoms with van der Waals surface area (Å²) < 4.78 is 42.8. The number of esters is 1. The van der Waals surface area contributed by atoms with Gasteiger partial charge in [0, 0.05) is 17.1 Å². The van der Waals surface area contributed by atoms with Gasteiger partial charge in [0.25, 0.3) is 5.91 Å². The van der Waals surface area contributed by atoms with E-state index in [1.807, 2.05) is 0 Å². The molecule has 0 atom stereocenters. The number of nitrogens with zero attached hydrogens (tertiary/aromatic N) is 1. The number of halogens is 4. The molecule has 0 aromatic heterocycles. The van der Waals surface area contributed by atoms with E-state index in [2.05, 4.69) is 20.7 Å². The molecule has 8 heteroatoms. The molecule has 0 radical (unpaired) electrons. The highest BCUT2D eigenvalue weighted by Gasteiger charge is 2.33. The second kappa shape index (κ2) is 6.93. The zero-order valence-corrected chi connectivity index (χ0v) is 12.9. The molecule has 0 heterocycles. The van der Waals surface area contributed by atoms with Crippen molar-refractivity contribution in [3.05, 3.63) is 33.8 Å². The number of carbonyl (C=O) groups excluding carboxylic acids is 2. The number of hydrogen-bond donors (Lipinski definition) is 0. The fourth-order valence-electron chi connectivity index (χ4n) is 1.57. The number of alkyl halides is 3. The summed E-state index contributed by atoms with van der Waals surface area (Å²) in [5.41, 5.74) is -1.10. The maximum absolute atomic E-state index is 12.8. The summed E-state index contributed by atoms with van der Waals surface area (Å²) in [7, 11) is 1.31. The van der Waals surface area contributed by atoms with Gasteiger partial charge in [-0.1, -0.05) is 15.9 Å². The minimum atomic E-state index is -4.57. The van der Waals surface area contributed by atoms with Gasteiger partial charge in [0.05, 0.1) is 12.2 Å². The van der Waals surface area contributed by atoms with Gasteiger partial charge in [-0.3, -0.25) is 9.59 Å². The highest BCUT2D eigenvalue weighted by Crippen LogP contribution is 2.35. The number of likely N-dealkylation sites (N-methyl/N-ethyl adjacent to an activating group) is 1. The highest BCUT2D eigenvalue weighted by atomic mass is 79.9. The van der Waals surface area contributed by atoms with Gasteiger partial charge in [0.1, 0.15) is 6.54 Å². The average Bonchev–Trinajstić information content (AvgIpc) is 2.37. The Morgan fingerprint density at radius 3 is 2.48 bits per heavy atom. The van der Waals surface area contributed by atoms with Crippen LogP contribution in [0, 0.1) is 0 Å². The third-order valence-electron chi connectivity index (χ3n) is 2.54. The van der Waals surface area contributed by atoms with Crippen molar-refractivity contribution in [3.8, 4) is 0 Å². The summed E-state index contributed by atoms with van der Waals surface area (Å²) in [5.74, 6) is -1.32. The van der Waals surface area contributed by atoms with Gasteiger partial charge in [-0.05, 0) is 25.1 Å². The molecule has 0 unspecified atom stereocenters. The Morgan fingerprint density at radius 1 is 1.33 bits per heavy atom. The van der Waals surface area contributed by atoms with E-state index in [1.165, 1.54) is 13.1 Å².